The van der Waals surface area contributed by atoms with Gasteiger partial charge in [0, 0.05) is 13.6 Å². The van der Waals surface area contributed by atoms with E-state index in [4.69, 9.17) is 4.74 Å². The maximum absolute atomic E-state index is 13.6. The van der Waals surface area contributed by atoms with Crippen LogP contribution in [0.1, 0.15) is 5.56 Å². The molecule has 0 aromatic heterocycles. The first-order valence-electron chi connectivity index (χ1n) is 5.93. The topological polar surface area (TPSA) is 32.7 Å². The molecule has 0 saturated heterocycles. The van der Waals surface area contributed by atoms with E-state index in [1.165, 1.54) is 13.2 Å². The van der Waals surface area contributed by atoms with Crippen LogP contribution in [0.15, 0.2) is 42.5 Å². The van der Waals surface area contributed by atoms with Crippen LogP contribution in [0.3, 0.4) is 0 Å². The number of benzene rings is 2. The van der Waals surface area contributed by atoms with Crippen LogP contribution in [0.5, 0.6) is 11.5 Å². The Bertz CT molecular complexity index is 572. The van der Waals surface area contributed by atoms with Gasteiger partial charge in [-0.1, -0.05) is 18.2 Å². The molecule has 2 rings (SSSR count). The number of hydrogen-bond acceptors (Lipinski definition) is 3. The minimum atomic E-state index is -0.261. The highest BCUT2D eigenvalue weighted by Gasteiger charge is 2.09. The summed E-state index contributed by atoms with van der Waals surface area (Å²) in [5.74, 6) is 0.252. The molecular weight excluding hydrogens is 245 g/mol. The lowest BCUT2D eigenvalue weighted by Crippen LogP contribution is -2.17. The number of para-hydroxylation sites is 1. The zero-order valence-corrected chi connectivity index (χ0v) is 10.9. The van der Waals surface area contributed by atoms with Gasteiger partial charge in [0.2, 0.25) is 0 Å². The van der Waals surface area contributed by atoms with Gasteiger partial charge in [0.05, 0.1) is 12.8 Å². The Morgan fingerprint density at radius 1 is 1.21 bits per heavy atom. The summed E-state index contributed by atoms with van der Waals surface area (Å²) in [5.41, 5.74) is 1.40. The summed E-state index contributed by atoms with van der Waals surface area (Å²) in [5, 5.41) is 9.71. The number of halogens is 1. The third kappa shape index (κ3) is 2.96. The first-order chi connectivity index (χ1) is 9.11. The van der Waals surface area contributed by atoms with Gasteiger partial charge in [0.15, 0.2) is 11.5 Å². The van der Waals surface area contributed by atoms with E-state index in [-0.39, 0.29) is 11.6 Å². The number of rotatable bonds is 4. The number of aromatic hydroxyl groups is 1. The van der Waals surface area contributed by atoms with Crippen molar-refractivity contribution < 1.29 is 14.2 Å². The highest BCUT2D eigenvalue weighted by molar-refractivity contribution is 5.48. The number of nitrogens with zero attached hydrogens (tertiary/aromatic N) is 1. The molecule has 4 heteroatoms. The molecule has 0 aliphatic rings. The number of ether oxygens (including phenoxy) is 1. The number of hydrogen-bond donors (Lipinski definition) is 1. The molecule has 19 heavy (non-hydrogen) atoms. The van der Waals surface area contributed by atoms with Gasteiger partial charge >= 0.3 is 0 Å². The van der Waals surface area contributed by atoms with Crippen molar-refractivity contribution in [3.8, 4) is 11.5 Å². The minimum Gasteiger partial charge on any atom is -0.504 e. The van der Waals surface area contributed by atoms with E-state index in [9.17, 15) is 9.50 Å². The van der Waals surface area contributed by atoms with Crippen LogP contribution in [0.2, 0.25) is 0 Å². The molecule has 0 amide bonds. The molecule has 3 nitrogen and oxygen atoms in total. The quantitative estimate of drug-likeness (QED) is 0.917. The maximum atomic E-state index is 13.6. The summed E-state index contributed by atoms with van der Waals surface area (Å²) in [6.45, 7) is 0.498. The van der Waals surface area contributed by atoms with Crippen molar-refractivity contribution in [1.29, 1.82) is 0 Å². The van der Waals surface area contributed by atoms with Crippen LogP contribution in [0, 0.1) is 5.82 Å². The average Bonchev–Trinajstić information content (AvgIpc) is 2.39. The molecule has 0 aliphatic heterocycles. The normalized spacial score (nSPS) is 10.3. The summed E-state index contributed by atoms with van der Waals surface area (Å²) in [7, 11) is 3.31. The number of anilines is 1. The SMILES string of the molecule is COc1ccc(CN(C)c2ccccc2F)cc1O. The van der Waals surface area contributed by atoms with Crippen molar-refractivity contribution in [3.05, 3.63) is 53.8 Å². The van der Waals surface area contributed by atoms with E-state index in [0.29, 0.717) is 18.0 Å². The first kappa shape index (κ1) is 13.2. The van der Waals surface area contributed by atoms with Crippen molar-refractivity contribution in [2.24, 2.45) is 0 Å². The maximum Gasteiger partial charge on any atom is 0.160 e. The van der Waals surface area contributed by atoms with Gasteiger partial charge in [-0.2, -0.15) is 0 Å². The molecule has 0 heterocycles. The molecule has 100 valence electrons. The molecule has 0 aliphatic carbocycles. The Kier molecular flexibility index (Phi) is 3.90. The smallest absolute Gasteiger partial charge is 0.160 e. The van der Waals surface area contributed by atoms with Crippen molar-refractivity contribution in [3.63, 3.8) is 0 Å². The largest absolute Gasteiger partial charge is 0.504 e. The molecule has 0 fully saturated rings. The molecule has 0 radical (unpaired) electrons. The van der Waals surface area contributed by atoms with Crippen LogP contribution in [-0.4, -0.2) is 19.3 Å². The molecule has 0 saturated carbocycles. The molecule has 0 atom stereocenters. The minimum absolute atomic E-state index is 0.0851. The number of methoxy groups -OCH3 is 1. The van der Waals surface area contributed by atoms with Gasteiger partial charge in [-0.25, -0.2) is 4.39 Å². The van der Waals surface area contributed by atoms with Gasteiger partial charge in [-0.3, -0.25) is 0 Å². The zero-order valence-electron chi connectivity index (χ0n) is 10.9. The fraction of sp³-hybridized carbons (Fsp3) is 0.200. The van der Waals surface area contributed by atoms with Gasteiger partial charge in [0.1, 0.15) is 5.82 Å². The highest BCUT2D eigenvalue weighted by Crippen LogP contribution is 2.27. The molecule has 0 spiro atoms. The molecule has 0 unspecified atom stereocenters. The number of phenols is 1. The molecule has 2 aromatic rings. The van der Waals surface area contributed by atoms with Gasteiger partial charge < -0.3 is 14.7 Å². The third-order valence-corrected chi connectivity index (χ3v) is 2.93. The second-order valence-corrected chi connectivity index (χ2v) is 4.31. The predicted molar refractivity (Wildman–Crippen MR) is 73.2 cm³/mol. The van der Waals surface area contributed by atoms with Crippen molar-refractivity contribution >= 4 is 5.69 Å². The van der Waals surface area contributed by atoms with Gasteiger partial charge in [0.25, 0.3) is 0 Å². The predicted octanol–water partition coefficient (Wildman–Crippen LogP) is 3.18. The summed E-state index contributed by atoms with van der Waals surface area (Å²) in [6.07, 6.45) is 0. The number of phenolic OH excluding ortho intramolecular Hbond substituents is 1. The Morgan fingerprint density at radius 2 is 1.95 bits per heavy atom. The lowest BCUT2D eigenvalue weighted by molar-refractivity contribution is 0.373. The van der Waals surface area contributed by atoms with E-state index in [1.807, 2.05) is 6.07 Å². The standard InChI is InChI=1S/C15H16FNO2/c1-17(13-6-4-3-5-12(13)16)10-11-7-8-15(19-2)14(18)9-11/h3-9,18H,10H2,1-2H3. The highest BCUT2D eigenvalue weighted by atomic mass is 19.1. The van der Waals surface area contributed by atoms with Gasteiger partial charge in [-0.05, 0) is 29.8 Å². The first-order valence-corrected chi connectivity index (χ1v) is 5.93. The summed E-state index contributed by atoms with van der Waals surface area (Å²) in [4.78, 5) is 1.79. The Labute approximate surface area is 111 Å². The Hall–Kier alpha value is -2.23. The second-order valence-electron chi connectivity index (χ2n) is 4.31. The van der Waals surface area contributed by atoms with E-state index in [0.717, 1.165) is 5.56 Å². The monoisotopic (exact) mass is 261 g/mol. The van der Waals surface area contributed by atoms with E-state index in [1.54, 1.807) is 42.3 Å². The third-order valence-electron chi connectivity index (χ3n) is 2.93. The van der Waals surface area contributed by atoms with Crippen LogP contribution >= 0.6 is 0 Å². The van der Waals surface area contributed by atoms with Crippen molar-refractivity contribution in [2.75, 3.05) is 19.1 Å². The van der Waals surface area contributed by atoms with Crippen LogP contribution in [-0.2, 0) is 6.54 Å². The van der Waals surface area contributed by atoms with Crippen LogP contribution in [0.4, 0.5) is 10.1 Å². The summed E-state index contributed by atoms with van der Waals surface area (Å²) < 4.78 is 18.6. The lowest BCUT2D eigenvalue weighted by atomic mass is 10.2. The Balaban J connectivity index is 2.17. The molecular formula is C15H16FNO2. The fourth-order valence-electron chi connectivity index (χ4n) is 1.95. The summed E-state index contributed by atoms with van der Waals surface area (Å²) >= 11 is 0. The second kappa shape index (κ2) is 5.61. The Morgan fingerprint density at radius 3 is 2.58 bits per heavy atom. The average molecular weight is 261 g/mol. The molecule has 0 bridgehead atoms. The van der Waals surface area contributed by atoms with E-state index in [2.05, 4.69) is 0 Å². The van der Waals surface area contributed by atoms with Gasteiger partial charge in [-0.15, -0.1) is 0 Å². The fourth-order valence-corrected chi connectivity index (χ4v) is 1.95. The summed E-state index contributed by atoms with van der Waals surface area (Å²) in [6, 6.07) is 11.8. The molecule has 1 N–H and O–H groups in total. The zero-order chi connectivity index (χ0) is 13.8. The van der Waals surface area contributed by atoms with Crippen LogP contribution < -0.4 is 9.64 Å². The lowest BCUT2D eigenvalue weighted by Gasteiger charge is -2.20. The van der Waals surface area contributed by atoms with E-state index >= 15 is 0 Å². The molecule has 2 aromatic carbocycles. The van der Waals surface area contributed by atoms with Crippen molar-refractivity contribution in [1.82, 2.24) is 0 Å². The van der Waals surface area contributed by atoms with Crippen molar-refractivity contribution in [2.45, 2.75) is 6.54 Å². The van der Waals surface area contributed by atoms with Crippen LogP contribution in [0.25, 0.3) is 0 Å². The van der Waals surface area contributed by atoms with E-state index < -0.39 is 0 Å².